The summed E-state index contributed by atoms with van der Waals surface area (Å²) in [6.07, 6.45) is 4.09. The third-order valence-electron chi connectivity index (χ3n) is 3.18. The van der Waals surface area contributed by atoms with Crippen molar-refractivity contribution in [1.29, 1.82) is 0 Å². The first-order chi connectivity index (χ1) is 8.79. The van der Waals surface area contributed by atoms with Crippen molar-refractivity contribution in [1.82, 2.24) is 4.90 Å². The van der Waals surface area contributed by atoms with Crippen LogP contribution in [0.1, 0.15) is 0 Å². The van der Waals surface area contributed by atoms with Crippen molar-refractivity contribution < 1.29 is 4.39 Å². The van der Waals surface area contributed by atoms with Gasteiger partial charge in [0, 0.05) is 44.3 Å². The third-order valence-corrected chi connectivity index (χ3v) is 3.36. The van der Waals surface area contributed by atoms with Crippen LogP contribution in [0, 0.1) is 5.82 Å². The van der Waals surface area contributed by atoms with Crippen LogP contribution in [0.4, 0.5) is 10.1 Å². The molecule has 18 heavy (non-hydrogen) atoms. The Balaban J connectivity index is 1.83. The minimum absolute atomic E-state index is 0.177. The zero-order chi connectivity index (χ0) is 12.8. The second-order valence-corrected chi connectivity index (χ2v) is 4.70. The molecule has 1 aliphatic rings. The number of hydrogen-bond acceptors (Lipinski definition) is 2. The topological polar surface area (TPSA) is 6.48 Å². The van der Waals surface area contributed by atoms with E-state index in [1.165, 1.54) is 12.1 Å². The van der Waals surface area contributed by atoms with Crippen molar-refractivity contribution in [2.75, 3.05) is 43.5 Å². The van der Waals surface area contributed by atoms with Crippen molar-refractivity contribution in [3.63, 3.8) is 0 Å². The van der Waals surface area contributed by atoms with E-state index in [1.54, 1.807) is 0 Å². The molecule has 0 bridgehead atoms. The molecule has 1 aromatic carbocycles. The predicted molar refractivity (Wildman–Crippen MR) is 74.9 cm³/mol. The molecule has 1 fully saturated rings. The Hall–Kier alpha value is -1.06. The molecule has 4 heteroatoms. The van der Waals surface area contributed by atoms with E-state index >= 15 is 0 Å². The molecule has 1 saturated heterocycles. The Morgan fingerprint density at radius 1 is 1.06 bits per heavy atom. The van der Waals surface area contributed by atoms with Crippen molar-refractivity contribution in [3.05, 3.63) is 42.2 Å². The summed E-state index contributed by atoms with van der Waals surface area (Å²) >= 11 is 5.59. The number of halogens is 2. The maximum absolute atomic E-state index is 12.8. The van der Waals surface area contributed by atoms with Crippen molar-refractivity contribution in [2.45, 2.75) is 0 Å². The van der Waals surface area contributed by atoms with Crippen LogP contribution in [0.3, 0.4) is 0 Å². The SMILES string of the molecule is Fc1ccc(N2CCN(CC=CCCl)CC2)cc1. The van der Waals surface area contributed by atoms with Gasteiger partial charge in [0.25, 0.3) is 0 Å². The highest BCUT2D eigenvalue weighted by molar-refractivity contribution is 6.18. The average molecular weight is 269 g/mol. The lowest BCUT2D eigenvalue weighted by atomic mass is 10.2. The van der Waals surface area contributed by atoms with E-state index in [1.807, 2.05) is 18.2 Å². The zero-order valence-electron chi connectivity index (χ0n) is 10.4. The van der Waals surface area contributed by atoms with Crippen LogP contribution >= 0.6 is 11.6 Å². The summed E-state index contributed by atoms with van der Waals surface area (Å²) in [5, 5.41) is 0. The number of benzene rings is 1. The van der Waals surface area contributed by atoms with Gasteiger partial charge >= 0.3 is 0 Å². The van der Waals surface area contributed by atoms with Crippen LogP contribution in [0.5, 0.6) is 0 Å². The maximum Gasteiger partial charge on any atom is 0.123 e. The molecule has 0 unspecified atom stereocenters. The fraction of sp³-hybridized carbons (Fsp3) is 0.429. The van der Waals surface area contributed by atoms with E-state index in [0.29, 0.717) is 5.88 Å². The number of alkyl halides is 1. The van der Waals surface area contributed by atoms with Gasteiger partial charge < -0.3 is 4.90 Å². The first kappa shape index (κ1) is 13.4. The van der Waals surface area contributed by atoms with Gasteiger partial charge in [0.05, 0.1) is 0 Å². The third kappa shape index (κ3) is 3.72. The molecule has 0 spiro atoms. The number of hydrogen-bond donors (Lipinski definition) is 0. The van der Waals surface area contributed by atoms with E-state index in [4.69, 9.17) is 11.6 Å². The summed E-state index contributed by atoms with van der Waals surface area (Å²) in [6, 6.07) is 6.73. The Labute approximate surface area is 113 Å². The van der Waals surface area contributed by atoms with Crippen LogP contribution in [0.15, 0.2) is 36.4 Å². The predicted octanol–water partition coefficient (Wildman–Crippen LogP) is 2.74. The molecule has 0 atom stereocenters. The Morgan fingerprint density at radius 3 is 2.33 bits per heavy atom. The molecule has 98 valence electrons. The van der Waals surface area contributed by atoms with Crippen LogP contribution in [-0.2, 0) is 0 Å². The van der Waals surface area contributed by atoms with Gasteiger partial charge in [-0.25, -0.2) is 4.39 Å². The fourth-order valence-corrected chi connectivity index (χ4v) is 2.25. The zero-order valence-corrected chi connectivity index (χ0v) is 11.1. The lowest BCUT2D eigenvalue weighted by molar-refractivity contribution is 0.284. The van der Waals surface area contributed by atoms with E-state index in [2.05, 4.69) is 15.9 Å². The van der Waals surface area contributed by atoms with Crippen LogP contribution in [0.25, 0.3) is 0 Å². The minimum Gasteiger partial charge on any atom is -0.369 e. The molecule has 2 rings (SSSR count). The van der Waals surface area contributed by atoms with Gasteiger partial charge in [-0.05, 0) is 24.3 Å². The Kier molecular flexibility index (Phi) is 5.02. The van der Waals surface area contributed by atoms with Gasteiger partial charge in [-0.1, -0.05) is 12.2 Å². The number of piperazine rings is 1. The van der Waals surface area contributed by atoms with Gasteiger partial charge in [0.1, 0.15) is 5.82 Å². The van der Waals surface area contributed by atoms with Crippen molar-refractivity contribution >= 4 is 17.3 Å². The number of nitrogens with zero attached hydrogens (tertiary/aromatic N) is 2. The summed E-state index contributed by atoms with van der Waals surface area (Å²) in [4.78, 5) is 4.68. The molecule has 0 amide bonds. The van der Waals surface area contributed by atoms with E-state index < -0.39 is 0 Å². The molecular formula is C14H18ClFN2. The van der Waals surface area contributed by atoms with E-state index in [9.17, 15) is 4.39 Å². The van der Waals surface area contributed by atoms with E-state index in [0.717, 1.165) is 38.4 Å². The molecule has 1 aromatic rings. The van der Waals surface area contributed by atoms with Crippen LogP contribution in [0.2, 0.25) is 0 Å². The average Bonchev–Trinajstić information content (AvgIpc) is 2.41. The molecule has 2 nitrogen and oxygen atoms in total. The van der Waals surface area contributed by atoms with E-state index in [-0.39, 0.29) is 5.82 Å². The molecule has 0 N–H and O–H groups in total. The highest BCUT2D eigenvalue weighted by atomic mass is 35.5. The first-order valence-corrected chi connectivity index (χ1v) is 6.77. The summed E-state index contributed by atoms with van der Waals surface area (Å²) in [5.41, 5.74) is 1.10. The second kappa shape index (κ2) is 6.76. The van der Waals surface area contributed by atoms with Gasteiger partial charge in [0.2, 0.25) is 0 Å². The minimum atomic E-state index is -0.177. The molecule has 0 saturated carbocycles. The summed E-state index contributed by atoms with van der Waals surface area (Å²) in [6.45, 7) is 5.00. The van der Waals surface area contributed by atoms with Crippen molar-refractivity contribution in [3.8, 4) is 0 Å². The fourth-order valence-electron chi connectivity index (χ4n) is 2.13. The number of allylic oxidation sites excluding steroid dienone is 1. The largest absolute Gasteiger partial charge is 0.369 e. The molecular weight excluding hydrogens is 251 g/mol. The van der Waals surface area contributed by atoms with Gasteiger partial charge in [0.15, 0.2) is 0 Å². The van der Waals surface area contributed by atoms with Crippen molar-refractivity contribution in [2.24, 2.45) is 0 Å². The normalized spacial score (nSPS) is 17.6. The van der Waals surface area contributed by atoms with Crippen LogP contribution < -0.4 is 4.90 Å². The summed E-state index contributed by atoms with van der Waals surface area (Å²) in [5.74, 6) is 0.402. The van der Waals surface area contributed by atoms with Crippen LogP contribution in [-0.4, -0.2) is 43.5 Å². The van der Waals surface area contributed by atoms with Gasteiger partial charge in [-0.15, -0.1) is 11.6 Å². The monoisotopic (exact) mass is 268 g/mol. The molecule has 1 heterocycles. The molecule has 1 aliphatic heterocycles. The maximum atomic E-state index is 12.8. The first-order valence-electron chi connectivity index (χ1n) is 6.23. The number of anilines is 1. The van der Waals surface area contributed by atoms with Gasteiger partial charge in [-0.2, -0.15) is 0 Å². The second-order valence-electron chi connectivity index (χ2n) is 4.39. The summed E-state index contributed by atoms with van der Waals surface area (Å²) < 4.78 is 12.8. The molecule has 0 aromatic heterocycles. The highest BCUT2D eigenvalue weighted by Gasteiger charge is 2.15. The Bertz CT molecular complexity index is 383. The standard InChI is InChI=1S/C14H18ClFN2/c15-7-1-2-8-17-9-11-18(12-10-17)14-5-3-13(16)4-6-14/h1-6H,7-12H2. The molecule has 0 aliphatic carbocycles. The lowest BCUT2D eigenvalue weighted by Gasteiger charge is -2.35. The Morgan fingerprint density at radius 2 is 1.72 bits per heavy atom. The van der Waals surface area contributed by atoms with Gasteiger partial charge in [-0.3, -0.25) is 4.90 Å². The quantitative estimate of drug-likeness (QED) is 0.612. The summed E-state index contributed by atoms with van der Waals surface area (Å²) in [7, 11) is 0. The lowest BCUT2D eigenvalue weighted by Crippen LogP contribution is -2.46. The number of rotatable bonds is 4. The highest BCUT2D eigenvalue weighted by Crippen LogP contribution is 2.16. The smallest absolute Gasteiger partial charge is 0.123 e. The molecule has 0 radical (unpaired) electrons.